The van der Waals surface area contributed by atoms with Crippen molar-refractivity contribution in [1.82, 2.24) is 25.2 Å². The van der Waals surface area contributed by atoms with Gasteiger partial charge in [-0.2, -0.15) is 0 Å². The fourth-order valence-electron chi connectivity index (χ4n) is 5.07. The van der Waals surface area contributed by atoms with Crippen LogP contribution in [-0.2, 0) is 17.9 Å². The van der Waals surface area contributed by atoms with E-state index >= 15 is 0 Å². The number of carbonyl (C=O) groups is 1. The first-order valence-electron chi connectivity index (χ1n) is 13.8. The van der Waals surface area contributed by atoms with Crippen molar-refractivity contribution in [3.63, 3.8) is 0 Å². The molecule has 1 fully saturated rings. The maximum Gasteiger partial charge on any atom is 0.240 e. The lowest BCUT2D eigenvalue weighted by Crippen LogP contribution is -2.43. The summed E-state index contributed by atoms with van der Waals surface area (Å²) in [5.74, 6) is 0.837. The van der Waals surface area contributed by atoms with E-state index < -0.39 is 0 Å². The van der Waals surface area contributed by atoms with Gasteiger partial charge in [0.15, 0.2) is 0 Å². The molecule has 0 unspecified atom stereocenters. The van der Waals surface area contributed by atoms with Crippen molar-refractivity contribution in [2.45, 2.75) is 32.0 Å². The van der Waals surface area contributed by atoms with Crippen LogP contribution in [0.15, 0.2) is 85.5 Å². The summed E-state index contributed by atoms with van der Waals surface area (Å²) in [6.07, 6.45) is 7.32. The average molecular weight is 585 g/mol. The summed E-state index contributed by atoms with van der Waals surface area (Å²) in [6.45, 7) is 2.35. The predicted molar refractivity (Wildman–Crippen MR) is 162 cm³/mol. The van der Waals surface area contributed by atoms with Crippen LogP contribution in [0.5, 0.6) is 5.75 Å². The molecule has 0 bridgehead atoms. The maximum atomic E-state index is 13.5. The summed E-state index contributed by atoms with van der Waals surface area (Å²) in [5.41, 5.74) is 4.21. The molecule has 10 heteroatoms. The highest BCUT2D eigenvalue weighted by Gasteiger charge is 2.16. The zero-order chi connectivity index (χ0) is 28.9. The fourth-order valence-corrected chi connectivity index (χ4v) is 5.31. The smallest absolute Gasteiger partial charge is 0.240 e. The number of aromatic nitrogens is 3. The molecule has 1 amide bonds. The Balaban J connectivity index is 1.15. The van der Waals surface area contributed by atoms with Crippen LogP contribution >= 0.6 is 11.6 Å². The second-order valence-corrected chi connectivity index (χ2v) is 10.7. The van der Waals surface area contributed by atoms with Gasteiger partial charge in [0.2, 0.25) is 5.91 Å². The molecule has 0 aliphatic carbocycles. The van der Waals surface area contributed by atoms with Crippen LogP contribution in [-0.4, -0.2) is 39.6 Å². The Bertz CT molecular complexity index is 1720. The summed E-state index contributed by atoms with van der Waals surface area (Å²) < 4.78 is 21.2. The van der Waals surface area contributed by atoms with Crippen LogP contribution in [0.4, 0.5) is 15.9 Å². The molecule has 1 saturated heterocycles. The molecular weight excluding hydrogens is 555 g/mol. The number of piperidine rings is 1. The van der Waals surface area contributed by atoms with Gasteiger partial charge in [-0.25, -0.2) is 14.4 Å². The van der Waals surface area contributed by atoms with Gasteiger partial charge in [0.1, 0.15) is 36.9 Å². The number of carbonyl (C=O) groups excluding carboxylic acids is 1. The van der Waals surface area contributed by atoms with E-state index in [2.05, 4.69) is 25.9 Å². The molecular formula is C32H30ClFN6O2. The van der Waals surface area contributed by atoms with Gasteiger partial charge < -0.3 is 25.3 Å². The summed E-state index contributed by atoms with van der Waals surface area (Å²) in [7, 11) is 0. The second-order valence-electron chi connectivity index (χ2n) is 10.3. The number of anilines is 2. The van der Waals surface area contributed by atoms with Crippen molar-refractivity contribution >= 4 is 39.9 Å². The van der Waals surface area contributed by atoms with Gasteiger partial charge in [-0.15, -0.1) is 0 Å². The molecule has 42 heavy (non-hydrogen) atoms. The zero-order valence-corrected chi connectivity index (χ0v) is 23.6. The number of fused-ring (bicyclic) bond motifs is 1. The molecule has 3 heterocycles. The van der Waals surface area contributed by atoms with E-state index in [-0.39, 0.29) is 30.9 Å². The van der Waals surface area contributed by atoms with E-state index in [1.54, 1.807) is 24.3 Å². The number of nitrogens with one attached hydrogen (secondary N) is 3. The molecule has 8 nitrogen and oxygen atoms in total. The Morgan fingerprint density at radius 1 is 1.05 bits per heavy atom. The number of ether oxygens (including phenoxy) is 1. The number of amides is 1. The Morgan fingerprint density at radius 2 is 1.93 bits per heavy atom. The number of halogens is 2. The van der Waals surface area contributed by atoms with Gasteiger partial charge >= 0.3 is 0 Å². The third-order valence-corrected chi connectivity index (χ3v) is 7.52. The molecule has 0 atom stereocenters. The van der Waals surface area contributed by atoms with Gasteiger partial charge in [-0.05, 0) is 91.2 Å². The van der Waals surface area contributed by atoms with Gasteiger partial charge in [-0.3, -0.25) is 4.79 Å². The molecule has 6 rings (SSSR count). The molecule has 3 N–H and O–H groups in total. The molecule has 3 aromatic carbocycles. The molecule has 5 aromatic rings. The van der Waals surface area contributed by atoms with E-state index in [4.69, 9.17) is 16.3 Å². The van der Waals surface area contributed by atoms with Crippen LogP contribution in [0, 0.1) is 5.82 Å². The third-order valence-electron chi connectivity index (χ3n) is 7.23. The first-order valence-corrected chi connectivity index (χ1v) is 14.2. The molecule has 1 aliphatic rings. The van der Waals surface area contributed by atoms with Crippen molar-refractivity contribution in [2.24, 2.45) is 0 Å². The minimum atomic E-state index is -0.310. The lowest BCUT2D eigenvalue weighted by atomic mass is 10.1. The van der Waals surface area contributed by atoms with Crippen LogP contribution in [0.1, 0.15) is 18.4 Å². The molecule has 214 valence electrons. The van der Waals surface area contributed by atoms with Crippen LogP contribution in [0.25, 0.3) is 22.0 Å². The SMILES string of the molecule is O=C(Cn1ccc(-c2ccc3ncnc(Nc4ccc(OCc5cccc(F)c5)c(Cl)c4)c3c2)c1)NC1CCNCC1. The third kappa shape index (κ3) is 6.70. The molecule has 0 saturated carbocycles. The highest BCUT2D eigenvalue weighted by atomic mass is 35.5. The summed E-state index contributed by atoms with van der Waals surface area (Å²) >= 11 is 6.50. The normalized spacial score (nSPS) is 13.7. The van der Waals surface area contributed by atoms with Crippen LogP contribution < -0.4 is 20.7 Å². The number of rotatable bonds is 9. The summed E-state index contributed by atoms with van der Waals surface area (Å²) in [6, 6.07) is 19.9. The minimum Gasteiger partial charge on any atom is -0.487 e. The quantitative estimate of drug-likeness (QED) is 0.194. The summed E-state index contributed by atoms with van der Waals surface area (Å²) in [4.78, 5) is 21.5. The Morgan fingerprint density at radius 3 is 2.76 bits per heavy atom. The average Bonchev–Trinajstić information content (AvgIpc) is 3.45. The van der Waals surface area contributed by atoms with Gasteiger partial charge in [-0.1, -0.05) is 29.8 Å². The highest BCUT2D eigenvalue weighted by molar-refractivity contribution is 6.32. The monoisotopic (exact) mass is 584 g/mol. The Hall–Kier alpha value is -4.47. The van der Waals surface area contributed by atoms with E-state index in [0.29, 0.717) is 22.2 Å². The summed E-state index contributed by atoms with van der Waals surface area (Å²) in [5, 5.41) is 11.1. The maximum absolute atomic E-state index is 13.5. The standard InChI is InChI=1S/C32H30ClFN6O2/c33-28-16-26(5-7-30(28)42-19-21-2-1-3-24(34)14-21)39-32-27-15-22(4-6-29(27)36-20-37-32)23-10-13-40(17-23)18-31(41)38-25-8-11-35-12-9-25/h1-7,10,13-17,20,25,35H,8-9,11-12,18-19H2,(H,38,41)(H,36,37,39). The van der Waals surface area contributed by atoms with Crippen molar-refractivity contribution in [3.8, 4) is 16.9 Å². The highest BCUT2D eigenvalue weighted by Crippen LogP contribution is 2.32. The lowest BCUT2D eigenvalue weighted by molar-refractivity contribution is -0.122. The second kappa shape index (κ2) is 12.6. The van der Waals surface area contributed by atoms with Gasteiger partial charge in [0.25, 0.3) is 0 Å². The van der Waals surface area contributed by atoms with E-state index in [1.807, 2.05) is 47.3 Å². The Kier molecular flexibility index (Phi) is 8.30. The zero-order valence-electron chi connectivity index (χ0n) is 22.8. The van der Waals surface area contributed by atoms with Crippen molar-refractivity contribution in [1.29, 1.82) is 0 Å². The molecule has 0 radical (unpaired) electrons. The minimum absolute atomic E-state index is 0.0199. The Labute approximate surface area is 247 Å². The van der Waals surface area contributed by atoms with Gasteiger partial charge in [0, 0.05) is 29.5 Å². The first kappa shape index (κ1) is 27.7. The van der Waals surface area contributed by atoms with E-state index in [0.717, 1.165) is 53.6 Å². The van der Waals surface area contributed by atoms with Gasteiger partial charge in [0.05, 0.1) is 10.5 Å². The number of nitrogens with zero attached hydrogens (tertiary/aromatic N) is 3. The van der Waals surface area contributed by atoms with Crippen LogP contribution in [0.2, 0.25) is 5.02 Å². The fraction of sp³-hybridized carbons (Fsp3) is 0.219. The number of hydrogen-bond donors (Lipinski definition) is 3. The largest absolute Gasteiger partial charge is 0.487 e. The van der Waals surface area contributed by atoms with E-state index in [9.17, 15) is 9.18 Å². The lowest BCUT2D eigenvalue weighted by Gasteiger charge is -2.23. The van der Waals surface area contributed by atoms with Crippen molar-refractivity contribution in [3.05, 3.63) is 102 Å². The predicted octanol–water partition coefficient (Wildman–Crippen LogP) is 6.08. The van der Waals surface area contributed by atoms with Crippen molar-refractivity contribution in [2.75, 3.05) is 18.4 Å². The number of hydrogen-bond acceptors (Lipinski definition) is 6. The topological polar surface area (TPSA) is 93.1 Å². The molecule has 2 aromatic heterocycles. The first-order chi connectivity index (χ1) is 20.5. The molecule has 0 spiro atoms. The van der Waals surface area contributed by atoms with Crippen molar-refractivity contribution < 1.29 is 13.9 Å². The number of benzene rings is 3. The van der Waals surface area contributed by atoms with E-state index in [1.165, 1.54) is 18.5 Å². The molecule has 1 aliphatic heterocycles. The van der Waals surface area contributed by atoms with Crippen LogP contribution in [0.3, 0.4) is 0 Å².